The third kappa shape index (κ3) is 2.27. The summed E-state index contributed by atoms with van der Waals surface area (Å²) in [5, 5.41) is 0. The molecule has 2 N–H and O–H groups in total. The highest BCUT2D eigenvalue weighted by Crippen LogP contribution is 2.37. The van der Waals surface area contributed by atoms with Gasteiger partial charge in [-0.2, -0.15) is 0 Å². The fourth-order valence-electron chi connectivity index (χ4n) is 0.630. The lowest BCUT2D eigenvalue weighted by Crippen LogP contribution is -2.24. The summed E-state index contributed by atoms with van der Waals surface area (Å²) in [6.45, 7) is 0. The van der Waals surface area contributed by atoms with E-state index in [1.165, 1.54) is 6.26 Å². The maximum absolute atomic E-state index is 5.53. The van der Waals surface area contributed by atoms with Gasteiger partial charge in [0.25, 0.3) is 0 Å². The van der Waals surface area contributed by atoms with Gasteiger partial charge in [0.1, 0.15) is 11.8 Å². The number of nitrogens with two attached hydrogens (primary N) is 1. The van der Waals surface area contributed by atoms with Crippen molar-refractivity contribution in [2.24, 2.45) is 5.73 Å². The molecule has 0 spiro atoms. The van der Waals surface area contributed by atoms with Crippen LogP contribution in [0.25, 0.3) is 0 Å². The Balaban J connectivity index is 2.78. The molecule has 0 aliphatic carbocycles. The van der Waals surface area contributed by atoms with Crippen LogP contribution in [0.15, 0.2) is 22.8 Å². The van der Waals surface area contributed by atoms with Gasteiger partial charge in [0.05, 0.1) is 6.26 Å². The van der Waals surface area contributed by atoms with Crippen molar-refractivity contribution in [2.75, 3.05) is 0 Å². The highest BCUT2D eigenvalue weighted by molar-refractivity contribution is 6.68. The lowest BCUT2D eigenvalue weighted by atomic mass is 10.3. The van der Waals surface area contributed by atoms with Gasteiger partial charge in [-0.05, 0) is 12.1 Å². The van der Waals surface area contributed by atoms with Gasteiger partial charge in [0.2, 0.25) is 3.79 Å². The molecule has 1 unspecified atom stereocenters. The molecule has 0 aliphatic heterocycles. The van der Waals surface area contributed by atoms with E-state index in [0.29, 0.717) is 5.76 Å². The third-order valence-corrected chi connectivity index (χ3v) is 1.91. The molecule has 0 radical (unpaired) electrons. The summed E-state index contributed by atoms with van der Waals surface area (Å²) in [4.78, 5) is 0. The summed E-state index contributed by atoms with van der Waals surface area (Å²) in [7, 11) is 0. The summed E-state index contributed by atoms with van der Waals surface area (Å²) in [6.07, 6.45) is 1.48. The number of furan rings is 1. The van der Waals surface area contributed by atoms with Crippen LogP contribution in [0.5, 0.6) is 0 Å². The Hall–Kier alpha value is 0.110. The average molecular weight is 214 g/mol. The van der Waals surface area contributed by atoms with Gasteiger partial charge >= 0.3 is 0 Å². The van der Waals surface area contributed by atoms with E-state index in [9.17, 15) is 0 Å². The van der Waals surface area contributed by atoms with Crippen molar-refractivity contribution in [2.45, 2.75) is 9.83 Å². The Kier molecular flexibility index (Phi) is 2.70. The third-order valence-electron chi connectivity index (χ3n) is 1.20. The Morgan fingerprint density at radius 2 is 2.09 bits per heavy atom. The molecule has 2 nitrogen and oxygen atoms in total. The fourth-order valence-corrected chi connectivity index (χ4v) is 0.952. The molecule has 1 aromatic rings. The Bertz CT molecular complexity index is 216. The molecule has 0 fully saturated rings. The quantitative estimate of drug-likeness (QED) is 0.730. The SMILES string of the molecule is NC(c1ccco1)C(Cl)(Cl)Cl. The summed E-state index contributed by atoms with van der Waals surface area (Å²) in [6, 6.07) is 2.63. The molecule has 0 aromatic carbocycles. The van der Waals surface area contributed by atoms with E-state index >= 15 is 0 Å². The van der Waals surface area contributed by atoms with Crippen LogP contribution in [0.1, 0.15) is 11.8 Å². The molecule has 0 saturated heterocycles. The lowest BCUT2D eigenvalue weighted by molar-refractivity contribution is 0.468. The zero-order valence-electron chi connectivity index (χ0n) is 5.43. The standard InChI is InChI=1S/C6H6Cl3NO/c7-6(8,9)5(10)4-2-1-3-11-4/h1-3,5H,10H2. The minimum absolute atomic E-state index is 0.463. The van der Waals surface area contributed by atoms with Crippen LogP contribution >= 0.6 is 34.8 Å². The first-order chi connectivity index (χ1) is 5.02. The van der Waals surface area contributed by atoms with Crippen molar-refractivity contribution in [3.8, 4) is 0 Å². The Morgan fingerprint density at radius 1 is 1.45 bits per heavy atom. The first-order valence-corrected chi connectivity index (χ1v) is 4.01. The highest BCUT2D eigenvalue weighted by Gasteiger charge is 2.32. The van der Waals surface area contributed by atoms with Crippen molar-refractivity contribution in [3.63, 3.8) is 0 Å². The minimum atomic E-state index is -1.52. The van der Waals surface area contributed by atoms with Crippen LogP contribution in [0.2, 0.25) is 0 Å². The lowest BCUT2D eigenvalue weighted by Gasteiger charge is -2.16. The predicted molar refractivity (Wildman–Crippen MR) is 45.9 cm³/mol. The largest absolute Gasteiger partial charge is 0.468 e. The van der Waals surface area contributed by atoms with Crippen molar-refractivity contribution in [3.05, 3.63) is 24.2 Å². The average Bonchev–Trinajstić information content (AvgIpc) is 2.34. The molecule has 1 atom stereocenters. The Morgan fingerprint density at radius 3 is 2.45 bits per heavy atom. The van der Waals surface area contributed by atoms with Gasteiger partial charge in [-0.15, -0.1) is 0 Å². The smallest absolute Gasteiger partial charge is 0.212 e. The molecular weight excluding hydrogens is 208 g/mol. The zero-order chi connectivity index (χ0) is 8.48. The van der Waals surface area contributed by atoms with E-state index in [0.717, 1.165) is 0 Å². The van der Waals surface area contributed by atoms with E-state index in [2.05, 4.69) is 0 Å². The van der Waals surface area contributed by atoms with E-state index < -0.39 is 9.83 Å². The normalized spacial score (nSPS) is 14.9. The van der Waals surface area contributed by atoms with E-state index in [1.807, 2.05) is 0 Å². The summed E-state index contributed by atoms with van der Waals surface area (Å²) >= 11 is 16.6. The van der Waals surface area contributed by atoms with Crippen LogP contribution in [0.4, 0.5) is 0 Å². The van der Waals surface area contributed by atoms with Gasteiger partial charge in [-0.3, -0.25) is 0 Å². The molecule has 1 heterocycles. The zero-order valence-corrected chi connectivity index (χ0v) is 7.70. The first-order valence-electron chi connectivity index (χ1n) is 2.87. The van der Waals surface area contributed by atoms with Crippen molar-refractivity contribution in [1.29, 1.82) is 0 Å². The fraction of sp³-hybridized carbons (Fsp3) is 0.333. The summed E-state index contributed by atoms with van der Waals surface area (Å²) < 4.78 is 3.43. The van der Waals surface area contributed by atoms with Crippen LogP contribution in [-0.4, -0.2) is 3.79 Å². The molecule has 11 heavy (non-hydrogen) atoms. The minimum Gasteiger partial charge on any atom is -0.468 e. The molecule has 0 saturated carbocycles. The molecule has 1 aromatic heterocycles. The second-order valence-electron chi connectivity index (χ2n) is 2.03. The van der Waals surface area contributed by atoms with Crippen LogP contribution in [0.3, 0.4) is 0 Å². The second-order valence-corrected chi connectivity index (χ2v) is 4.40. The van der Waals surface area contributed by atoms with Gasteiger partial charge in [0.15, 0.2) is 0 Å². The highest BCUT2D eigenvalue weighted by atomic mass is 35.6. The van der Waals surface area contributed by atoms with Crippen molar-refractivity contribution >= 4 is 34.8 Å². The van der Waals surface area contributed by atoms with Gasteiger partial charge in [-0.25, -0.2) is 0 Å². The topological polar surface area (TPSA) is 39.2 Å². The maximum atomic E-state index is 5.53. The number of alkyl halides is 3. The monoisotopic (exact) mass is 213 g/mol. The van der Waals surface area contributed by atoms with Crippen molar-refractivity contribution in [1.82, 2.24) is 0 Å². The van der Waals surface area contributed by atoms with Crippen LogP contribution in [0, 0.1) is 0 Å². The molecule has 0 bridgehead atoms. The van der Waals surface area contributed by atoms with Gasteiger partial charge < -0.3 is 10.2 Å². The molecule has 1 rings (SSSR count). The number of halogens is 3. The summed E-state index contributed by atoms with van der Waals surface area (Å²) in [5.41, 5.74) is 5.53. The van der Waals surface area contributed by atoms with E-state index in [1.54, 1.807) is 12.1 Å². The molecule has 0 aliphatic rings. The number of hydrogen-bond donors (Lipinski definition) is 1. The van der Waals surface area contributed by atoms with E-state index in [4.69, 9.17) is 45.0 Å². The molecule has 62 valence electrons. The second kappa shape index (κ2) is 3.23. The van der Waals surface area contributed by atoms with Gasteiger partial charge in [0, 0.05) is 0 Å². The Labute approximate surface area is 79.2 Å². The maximum Gasteiger partial charge on any atom is 0.212 e. The van der Waals surface area contributed by atoms with Crippen molar-refractivity contribution < 1.29 is 4.42 Å². The number of hydrogen-bond acceptors (Lipinski definition) is 2. The first kappa shape index (κ1) is 9.20. The molecular formula is C6H6Cl3NO. The van der Waals surface area contributed by atoms with Crippen LogP contribution < -0.4 is 5.73 Å². The van der Waals surface area contributed by atoms with Gasteiger partial charge in [-0.1, -0.05) is 34.8 Å². The van der Waals surface area contributed by atoms with E-state index in [-0.39, 0.29) is 0 Å². The molecule has 5 heteroatoms. The van der Waals surface area contributed by atoms with Crippen LogP contribution in [-0.2, 0) is 0 Å². The molecule has 0 amide bonds. The summed E-state index contributed by atoms with van der Waals surface area (Å²) in [5.74, 6) is 0.463. The predicted octanol–water partition coefficient (Wildman–Crippen LogP) is 2.65. The number of rotatable bonds is 1.